The molecule has 5 nitrogen and oxygen atoms in total. The molecule has 0 aliphatic rings. The normalized spacial score (nSPS) is 11.0. The average Bonchev–Trinajstić information content (AvgIpc) is 2.39. The van der Waals surface area contributed by atoms with Crippen LogP contribution in [0.3, 0.4) is 0 Å². The fourth-order valence-electron chi connectivity index (χ4n) is 1.39. The van der Waals surface area contributed by atoms with Gasteiger partial charge in [-0.15, -0.1) is 0 Å². The van der Waals surface area contributed by atoms with Gasteiger partial charge in [0.15, 0.2) is 12.4 Å². The smallest absolute Gasteiger partial charge is 0.265 e. The van der Waals surface area contributed by atoms with Gasteiger partial charge in [-0.1, -0.05) is 30.3 Å². The van der Waals surface area contributed by atoms with Crippen molar-refractivity contribution in [1.29, 1.82) is 0 Å². The summed E-state index contributed by atoms with van der Waals surface area (Å²) in [6.45, 7) is 4.72. The lowest BCUT2D eigenvalue weighted by Crippen LogP contribution is -2.18. The van der Waals surface area contributed by atoms with Crippen LogP contribution < -0.4 is 5.32 Å². The number of rotatable bonds is 6. The number of benzene rings is 1. The number of carbonyl (C=O) groups is 2. The van der Waals surface area contributed by atoms with Crippen LogP contribution in [0.2, 0.25) is 0 Å². The van der Waals surface area contributed by atoms with Crippen molar-refractivity contribution in [1.82, 2.24) is 0 Å². The maximum Gasteiger partial charge on any atom is 0.265 e. The molecule has 1 N–H and O–H groups in total. The molecule has 1 rings (SSSR count). The summed E-state index contributed by atoms with van der Waals surface area (Å²) in [6, 6.07) is 7.56. The molecule has 0 saturated carbocycles. The first-order chi connectivity index (χ1) is 9.04. The highest BCUT2D eigenvalue weighted by atomic mass is 16.6. The highest BCUT2D eigenvalue weighted by Gasteiger charge is 2.06. The molecule has 1 amide bonds. The van der Waals surface area contributed by atoms with Gasteiger partial charge in [-0.2, -0.15) is 0 Å². The SMILES string of the molecule is CCc1ccccc1NC(=O)CO/N=C(\C)C(C)=O. The van der Waals surface area contributed by atoms with E-state index in [1.54, 1.807) is 0 Å². The number of nitrogens with zero attached hydrogens (tertiary/aromatic N) is 1. The molecule has 19 heavy (non-hydrogen) atoms. The number of hydrogen-bond donors (Lipinski definition) is 1. The molecular weight excluding hydrogens is 244 g/mol. The van der Waals surface area contributed by atoms with Crippen LogP contribution >= 0.6 is 0 Å². The quantitative estimate of drug-likeness (QED) is 0.631. The van der Waals surface area contributed by atoms with E-state index in [1.807, 2.05) is 31.2 Å². The van der Waals surface area contributed by atoms with Gasteiger partial charge in [-0.25, -0.2) is 0 Å². The monoisotopic (exact) mass is 262 g/mol. The second-order valence-corrected chi connectivity index (χ2v) is 4.07. The summed E-state index contributed by atoms with van der Waals surface area (Å²) >= 11 is 0. The summed E-state index contributed by atoms with van der Waals surface area (Å²) in [5, 5.41) is 6.30. The first-order valence-corrected chi connectivity index (χ1v) is 6.09. The molecular formula is C14H18N2O3. The van der Waals surface area contributed by atoms with Crippen molar-refractivity contribution in [2.75, 3.05) is 11.9 Å². The largest absolute Gasteiger partial charge is 0.385 e. The van der Waals surface area contributed by atoms with Crippen LogP contribution in [-0.4, -0.2) is 24.0 Å². The van der Waals surface area contributed by atoms with E-state index < -0.39 is 0 Å². The Labute approximate surface area is 112 Å². The van der Waals surface area contributed by atoms with E-state index in [4.69, 9.17) is 4.84 Å². The van der Waals surface area contributed by atoms with Gasteiger partial charge in [0.2, 0.25) is 0 Å². The Balaban J connectivity index is 2.52. The average molecular weight is 262 g/mol. The molecule has 0 spiro atoms. The molecule has 0 saturated heterocycles. The van der Waals surface area contributed by atoms with Gasteiger partial charge in [0, 0.05) is 12.6 Å². The van der Waals surface area contributed by atoms with Gasteiger partial charge in [0.05, 0.1) is 0 Å². The minimum atomic E-state index is -0.305. The topological polar surface area (TPSA) is 67.8 Å². The Kier molecular flexibility index (Phi) is 5.73. The minimum Gasteiger partial charge on any atom is -0.385 e. The lowest BCUT2D eigenvalue weighted by atomic mass is 10.1. The van der Waals surface area contributed by atoms with Crippen LogP contribution in [-0.2, 0) is 20.8 Å². The number of amides is 1. The molecule has 0 aromatic heterocycles. The fraction of sp³-hybridized carbons (Fsp3) is 0.357. The Morgan fingerprint density at radius 3 is 2.58 bits per heavy atom. The van der Waals surface area contributed by atoms with E-state index in [0.29, 0.717) is 0 Å². The van der Waals surface area contributed by atoms with Gasteiger partial charge < -0.3 is 10.2 Å². The van der Waals surface area contributed by atoms with Gasteiger partial charge in [0.1, 0.15) is 5.71 Å². The van der Waals surface area contributed by atoms with Crippen LogP contribution in [0.1, 0.15) is 26.3 Å². The molecule has 0 heterocycles. The zero-order valence-electron chi connectivity index (χ0n) is 11.4. The molecule has 0 fully saturated rings. The van der Waals surface area contributed by atoms with Crippen LogP contribution in [0.5, 0.6) is 0 Å². The molecule has 0 radical (unpaired) electrons. The standard InChI is InChI=1S/C14H18N2O3/c1-4-12-7-5-6-8-13(12)15-14(18)9-19-16-10(2)11(3)17/h5-8H,4,9H2,1-3H3,(H,15,18)/b16-10+. The molecule has 0 aliphatic heterocycles. The third-order valence-electron chi connectivity index (χ3n) is 2.58. The Morgan fingerprint density at radius 2 is 1.95 bits per heavy atom. The zero-order valence-corrected chi connectivity index (χ0v) is 11.4. The van der Waals surface area contributed by atoms with Crippen molar-refractivity contribution in [3.63, 3.8) is 0 Å². The van der Waals surface area contributed by atoms with E-state index >= 15 is 0 Å². The van der Waals surface area contributed by atoms with Crippen molar-refractivity contribution < 1.29 is 14.4 Å². The van der Waals surface area contributed by atoms with Crippen molar-refractivity contribution >= 4 is 23.1 Å². The summed E-state index contributed by atoms with van der Waals surface area (Å²) in [5.41, 5.74) is 2.06. The number of Topliss-reactive ketones (excluding diaryl/α,β-unsaturated/α-hetero) is 1. The predicted molar refractivity (Wildman–Crippen MR) is 74.2 cm³/mol. The van der Waals surface area contributed by atoms with Crippen LogP contribution in [0.15, 0.2) is 29.4 Å². The van der Waals surface area contributed by atoms with Crippen molar-refractivity contribution in [3.05, 3.63) is 29.8 Å². The van der Waals surface area contributed by atoms with Crippen molar-refractivity contribution in [3.8, 4) is 0 Å². The highest BCUT2D eigenvalue weighted by molar-refractivity contribution is 6.37. The van der Waals surface area contributed by atoms with Crippen LogP contribution in [0.4, 0.5) is 5.69 Å². The number of oxime groups is 1. The number of hydrogen-bond acceptors (Lipinski definition) is 4. The van der Waals surface area contributed by atoms with E-state index in [9.17, 15) is 9.59 Å². The summed E-state index contributed by atoms with van der Waals surface area (Å²) < 4.78 is 0. The number of ketones is 1. The predicted octanol–water partition coefficient (Wildman–Crippen LogP) is 2.17. The molecule has 5 heteroatoms. The van der Waals surface area contributed by atoms with E-state index in [2.05, 4.69) is 10.5 Å². The fourth-order valence-corrected chi connectivity index (χ4v) is 1.39. The first-order valence-electron chi connectivity index (χ1n) is 6.09. The Morgan fingerprint density at radius 1 is 1.26 bits per heavy atom. The minimum absolute atomic E-state index is 0.184. The molecule has 1 aromatic rings. The molecule has 0 atom stereocenters. The van der Waals surface area contributed by atoms with Gasteiger partial charge in [0.25, 0.3) is 5.91 Å². The third kappa shape index (κ3) is 4.91. The van der Waals surface area contributed by atoms with E-state index in [0.717, 1.165) is 17.7 Å². The molecule has 102 valence electrons. The number of para-hydroxylation sites is 1. The number of carbonyl (C=O) groups excluding carboxylic acids is 2. The lowest BCUT2D eigenvalue weighted by molar-refractivity contribution is -0.120. The Hall–Kier alpha value is -2.17. The molecule has 0 unspecified atom stereocenters. The molecule has 0 aliphatic carbocycles. The number of anilines is 1. The maximum atomic E-state index is 11.6. The summed E-state index contributed by atoms with van der Waals surface area (Å²) in [5.74, 6) is -0.488. The second kappa shape index (κ2) is 7.31. The van der Waals surface area contributed by atoms with E-state index in [-0.39, 0.29) is 24.0 Å². The Bertz CT molecular complexity index is 495. The summed E-state index contributed by atoms with van der Waals surface area (Å²) in [4.78, 5) is 27.3. The van der Waals surface area contributed by atoms with Gasteiger partial charge >= 0.3 is 0 Å². The molecule has 0 bridgehead atoms. The lowest BCUT2D eigenvalue weighted by Gasteiger charge is -2.08. The highest BCUT2D eigenvalue weighted by Crippen LogP contribution is 2.15. The van der Waals surface area contributed by atoms with Gasteiger partial charge in [-0.05, 0) is 25.0 Å². The summed E-state index contributed by atoms with van der Waals surface area (Å²) in [6.07, 6.45) is 0.832. The summed E-state index contributed by atoms with van der Waals surface area (Å²) in [7, 11) is 0. The third-order valence-corrected chi connectivity index (χ3v) is 2.58. The number of aryl methyl sites for hydroxylation is 1. The maximum absolute atomic E-state index is 11.6. The van der Waals surface area contributed by atoms with Crippen LogP contribution in [0, 0.1) is 0 Å². The second-order valence-electron chi connectivity index (χ2n) is 4.07. The van der Waals surface area contributed by atoms with Crippen LogP contribution in [0.25, 0.3) is 0 Å². The number of nitrogens with one attached hydrogen (secondary N) is 1. The first kappa shape index (κ1) is 14.9. The van der Waals surface area contributed by atoms with E-state index in [1.165, 1.54) is 13.8 Å². The molecule has 1 aromatic carbocycles. The zero-order chi connectivity index (χ0) is 14.3. The van der Waals surface area contributed by atoms with Crippen molar-refractivity contribution in [2.45, 2.75) is 27.2 Å². The van der Waals surface area contributed by atoms with Crippen molar-refractivity contribution in [2.24, 2.45) is 5.16 Å². The van der Waals surface area contributed by atoms with Gasteiger partial charge in [-0.3, -0.25) is 9.59 Å².